The minimum Gasteiger partial charge on any atom is -0.480 e. The molecular weight excluding hydrogens is 308 g/mol. The quantitative estimate of drug-likeness (QED) is 0.588. The topological polar surface area (TPSA) is 74.6 Å². The Hall–Kier alpha value is 0.380. The molecule has 1 radical (unpaired) electrons. The molecule has 7 heteroatoms. The van der Waals surface area contributed by atoms with Crippen molar-refractivity contribution in [2.24, 2.45) is 0 Å². The maximum atomic E-state index is 10.3. The Kier molecular flexibility index (Phi) is 9.44. The van der Waals surface area contributed by atoms with E-state index >= 15 is 0 Å². The second-order valence-corrected chi connectivity index (χ2v) is 5.11. The Morgan fingerprint density at radius 2 is 1.23 bits per heavy atom. The van der Waals surface area contributed by atoms with E-state index in [4.69, 9.17) is 10.2 Å². The first-order chi connectivity index (χ1) is 5.45. The summed E-state index contributed by atoms with van der Waals surface area (Å²) in [6, 6.07) is 0. The fourth-order valence-electron chi connectivity index (χ4n) is 0.249. The first kappa shape index (κ1) is 15.8. The van der Waals surface area contributed by atoms with Crippen LogP contribution in [0.3, 0.4) is 0 Å². The molecule has 0 bridgehead atoms. The minimum atomic E-state index is -0.926. The van der Waals surface area contributed by atoms with Crippen LogP contribution in [-0.2, 0) is 32.0 Å². The summed E-state index contributed by atoms with van der Waals surface area (Å²) in [5.74, 6) is -1.85. The van der Waals surface area contributed by atoms with Gasteiger partial charge in [-0.05, 0) is 13.8 Å². The summed E-state index contributed by atoms with van der Waals surface area (Å²) >= 11 is 0. The summed E-state index contributed by atoms with van der Waals surface area (Å²) in [5.41, 5.74) is 0. The Balaban J connectivity index is 0. The molecule has 2 N–H and O–H groups in total. The molecule has 0 aromatic carbocycles. The molecule has 0 fully saturated rings. The van der Waals surface area contributed by atoms with Gasteiger partial charge in [-0.25, -0.2) is 0 Å². The number of carbonyl (C=O) groups is 2. The van der Waals surface area contributed by atoms with Gasteiger partial charge in [0.1, 0.15) is 10.5 Å². The van der Waals surface area contributed by atoms with Crippen LogP contribution >= 0.6 is 21.6 Å². The van der Waals surface area contributed by atoms with E-state index in [1.165, 1.54) is 13.8 Å². The first-order valence-electron chi connectivity index (χ1n) is 3.23. The fourth-order valence-corrected chi connectivity index (χ4v) is 2.24. The zero-order chi connectivity index (χ0) is 9.72. The molecular formula is C6H10AgO4S2. The molecule has 0 aliphatic carbocycles. The number of rotatable bonds is 5. The molecule has 0 aliphatic rings. The third kappa shape index (κ3) is 7.45. The Morgan fingerprint density at radius 1 is 1.00 bits per heavy atom. The second kappa shape index (κ2) is 7.75. The van der Waals surface area contributed by atoms with Crippen LogP contribution in [0.1, 0.15) is 13.8 Å². The van der Waals surface area contributed by atoms with Gasteiger partial charge in [0, 0.05) is 22.4 Å². The molecule has 0 saturated carbocycles. The van der Waals surface area contributed by atoms with E-state index in [0.29, 0.717) is 0 Å². The molecule has 13 heavy (non-hydrogen) atoms. The van der Waals surface area contributed by atoms with Gasteiger partial charge < -0.3 is 10.2 Å². The van der Waals surface area contributed by atoms with Crippen LogP contribution in [-0.4, -0.2) is 32.7 Å². The summed E-state index contributed by atoms with van der Waals surface area (Å²) in [5, 5.41) is 15.8. The standard InChI is InChI=1S/C6H10O4S2.Ag/c1-3(5(7)8)11-12-4(2)6(9)10;/h3-4H,1-2H3,(H,7,8)(H,9,10);. The van der Waals surface area contributed by atoms with Crippen LogP contribution in [0.25, 0.3) is 0 Å². The smallest absolute Gasteiger partial charge is 0.317 e. The van der Waals surface area contributed by atoms with Crippen LogP contribution in [0.2, 0.25) is 0 Å². The van der Waals surface area contributed by atoms with Crippen molar-refractivity contribution in [3.8, 4) is 0 Å². The van der Waals surface area contributed by atoms with Crippen molar-refractivity contribution >= 4 is 33.5 Å². The molecule has 0 heterocycles. The fraction of sp³-hybridized carbons (Fsp3) is 0.667. The first-order valence-corrected chi connectivity index (χ1v) is 5.50. The van der Waals surface area contributed by atoms with Crippen molar-refractivity contribution in [3.63, 3.8) is 0 Å². The normalized spacial score (nSPS) is 14.0. The van der Waals surface area contributed by atoms with Crippen LogP contribution < -0.4 is 0 Å². The van der Waals surface area contributed by atoms with E-state index in [1.807, 2.05) is 0 Å². The van der Waals surface area contributed by atoms with E-state index in [1.54, 1.807) is 0 Å². The van der Waals surface area contributed by atoms with Gasteiger partial charge in [0.15, 0.2) is 0 Å². The Bertz CT molecular complexity index is 167. The number of hydrogen-bond acceptors (Lipinski definition) is 4. The minimum absolute atomic E-state index is 0. The average Bonchev–Trinajstić information content (AvgIpc) is 1.98. The van der Waals surface area contributed by atoms with Crippen LogP contribution in [0.5, 0.6) is 0 Å². The molecule has 0 rings (SSSR count). The van der Waals surface area contributed by atoms with Crippen molar-refractivity contribution in [2.75, 3.05) is 0 Å². The maximum Gasteiger partial charge on any atom is 0.317 e. The van der Waals surface area contributed by atoms with E-state index in [0.717, 1.165) is 21.6 Å². The molecule has 0 saturated heterocycles. The largest absolute Gasteiger partial charge is 0.480 e. The van der Waals surface area contributed by atoms with Crippen molar-refractivity contribution in [3.05, 3.63) is 0 Å². The van der Waals surface area contributed by atoms with Gasteiger partial charge in [0.2, 0.25) is 0 Å². The van der Waals surface area contributed by atoms with Crippen molar-refractivity contribution in [2.45, 2.75) is 24.3 Å². The third-order valence-corrected chi connectivity index (χ3v) is 4.20. The summed E-state index contributed by atoms with van der Waals surface area (Å²) in [6.07, 6.45) is 0. The van der Waals surface area contributed by atoms with Gasteiger partial charge in [0.05, 0.1) is 0 Å². The Morgan fingerprint density at radius 3 is 1.38 bits per heavy atom. The molecule has 0 amide bonds. The van der Waals surface area contributed by atoms with E-state index in [-0.39, 0.29) is 22.4 Å². The summed E-state index contributed by atoms with van der Waals surface area (Å²) in [7, 11) is 2.11. The van der Waals surface area contributed by atoms with E-state index in [2.05, 4.69) is 0 Å². The summed E-state index contributed by atoms with van der Waals surface area (Å²) < 4.78 is 0. The Labute approximate surface area is 99.8 Å². The number of carboxylic acid groups (broad SMARTS) is 2. The zero-order valence-electron chi connectivity index (χ0n) is 6.98. The van der Waals surface area contributed by atoms with Crippen LogP contribution in [0.15, 0.2) is 0 Å². The SMILES string of the molecule is CC(SSC(C)C(=O)O)C(=O)O.[Ag]. The summed E-state index contributed by atoms with van der Waals surface area (Å²) in [6.45, 7) is 3.04. The monoisotopic (exact) mass is 317 g/mol. The van der Waals surface area contributed by atoms with Crippen molar-refractivity contribution < 1.29 is 42.2 Å². The summed E-state index contributed by atoms with van der Waals surface area (Å²) in [4.78, 5) is 20.6. The van der Waals surface area contributed by atoms with Gasteiger partial charge in [-0.3, -0.25) is 9.59 Å². The third-order valence-electron chi connectivity index (χ3n) is 1.04. The molecule has 0 aliphatic heterocycles. The average molecular weight is 318 g/mol. The number of carboxylic acids is 2. The van der Waals surface area contributed by atoms with Crippen LogP contribution in [0, 0.1) is 0 Å². The molecule has 0 aromatic rings. The van der Waals surface area contributed by atoms with Gasteiger partial charge >= 0.3 is 11.9 Å². The molecule has 0 aromatic heterocycles. The zero-order valence-corrected chi connectivity index (χ0v) is 10.1. The van der Waals surface area contributed by atoms with Gasteiger partial charge in [-0.15, -0.1) is 0 Å². The maximum absolute atomic E-state index is 10.3. The van der Waals surface area contributed by atoms with Crippen LogP contribution in [0.4, 0.5) is 0 Å². The number of hydrogen-bond donors (Lipinski definition) is 2. The predicted octanol–water partition coefficient (Wildman–Crippen LogP) is 1.31. The second-order valence-electron chi connectivity index (χ2n) is 2.15. The molecule has 0 spiro atoms. The predicted molar refractivity (Wildman–Crippen MR) is 49.4 cm³/mol. The number of aliphatic carboxylic acids is 2. The molecule has 81 valence electrons. The molecule has 2 atom stereocenters. The van der Waals surface area contributed by atoms with Crippen molar-refractivity contribution in [1.29, 1.82) is 0 Å². The van der Waals surface area contributed by atoms with E-state index < -0.39 is 22.4 Å². The van der Waals surface area contributed by atoms with Crippen molar-refractivity contribution in [1.82, 2.24) is 0 Å². The van der Waals surface area contributed by atoms with Gasteiger partial charge in [-0.1, -0.05) is 21.6 Å². The van der Waals surface area contributed by atoms with Gasteiger partial charge in [0.25, 0.3) is 0 Å². The molecule has 4 nitrogen and oxygen atoms in total. The van der Waals surface area contributed by atoms with E-state index in [9.17, 15) is 9.59 Å². The molecule has 2 unspecified atom stereocenters. The van der Waals surface area contributed by atoms with Gasteiger partial charge in [-0.2, -0.15) is 0 Å².